The fraction of sp³-hybridized carbons (Fsp3) is 0.583. The Labute approximate surface area is 104 Å². The van der Waals surface area contributed by atoms with E-state index < -0.39 is 0 Å². The van der Waals surface area contributed by atoms with Crippen molar-refractivity contribution in [3.8, 4) is 0 Å². The van der Waals surface area contributed by atoms with Crippen LogP contribution in [0.25, 0.3) is 0 Å². The number of piperidine rings is 1. The number of nitrogens with zero attached hydrogens (tertiary/aromatic N) is 1. The summed E-state index contributed by atoms with van der Waals surface area (Å²) in [6, 6.07) is 4.09. The van der Waals surface area contributed by atoms with Crippen LogP contribution in [0.2, 0.25) is 0 Å². The van der Waals surface area contributed by atoms with E-state index in [9.17, 15) is 4.79 Å². The van der Waals surface area contributed by atoms with Crippen LogP contribution in [0.5, 0.6) is 0 Å². The molecule has 0 radical (unpaired) electrons. The van der Waals surface area contributed by atoms with E-state index in [0.29, 0.717) is 22.5 Å². The molecule has 2 rings (SSSR count). The maximum atomic E-state index is 12.2. The molecule has 0 aliphatic carbocycles. The van der Waals surface area contributed by atoms with Gasteiger partial charge in [0.25, 0.3) is 5.91 Å². The molecular formula is C12H16BrNO2. The summed E-state index contributed by atoms with van der Waals surface area (Å²) >= 11 is 3.22. The molecule has 0 N–H and O–H groups in total. The van der Waals surface area contributed by atoms with Crippen LogP contribution in [-0.2, 0) is 0 Å². The molecule has 0 unspecified atom stereocenters. The molecule has 1 aliphatic heterocycles. The summed E-state index contributed by atoms with van der Waals surface area (Å²) in [6.45, 7) is 4.21. The van der Waals surface area contributed by atoms with Crippen molar-refractivity contribution >= 4 is 21.8 Å². The number of halogens is 1. The van der Waals surface area contributed by atoms with E-state index in [4.69, 9.17) is 4.42 Å². The molecule has 3 nitrogen and oxygen atoms in total. The lowest BCUT2D eigenvalue weighted by Crippen LogP contribution is -2.47. The molecule has 1 aromatic rings. The molecule has 16 heavy (non-hydrogen) atoms. The van der Waals surface area contributed by atoms with Gasteiger partial charge in [-0.25, -0.2) is 0 Å². The molecule has 0 bridgehead atoms. The lowest BCUT2D eigenvalue weighted by Gasteiger charge is -2.38. The summed E-state index contributed by atoms with van der Waals surface area (Å²) < 4.78 is 5.93. The van der Waals surface area contributed by atoms with Crippen LogP contribution in [0.4, 0.5) is 0 Å². The SMILES string of the molecule is C[C@@H]1CCC[C@@H](C)N1C(=O)c1ccc(Br)o1. The van der Waals surface area contributed by atoms with E-state index in [1.54, 1.807) is 12.1 Å². The second kappa shape index (κ2) is 4.62. The first-order valence-electron chi connectivity index (χ1n) is 5.67. The summed E-state index contributed by atoms with van der Waals surface area (Å²) in [4.78, 5) is 14.2. The van der Waals surface area contributed by atoms with Crippen molar-refractivity contribution in [2.75, 3.05) is 0 Å². The lowest BCUT2D eigenvalue weighted by atomic mass is 9.97. The van der Waals surface area contributed by atoms with Crippen molar-refractivity contribution in [1.82, 2.24) is 4.90 Å². The normalized spacial score (nSPS) is 25.8. The zero-order valence-corrected chi connectivity index (χ0v) is 11.2. The lowest BCUT2D eigenvalue weighted by molar-refractivity contribution is 0.0477. The summed E-state index contributed by atoms with van der Waals surface area (Å²) in [5.74, 6) is 0.429. The van der Waals surface area contributed by atoms with Crippen LogP contribution in [-0.4, -0.2) is 22.9 Å². The van der Waals surface area contributed by atoms with E-state index in [0.717, 1.165) is 12.8 Å². The van der Waals surface area contributed by atoms with E-state index in [2.05, 4.69) is 29.8 Å². The molecule has 1 aliphatic rings. The van der Waals surface area contributed by atoms with Crippen LogP contribution >= 0.6 is 15.9 Å². The molecule has 4 heteroatoms. The molecule has 1 aromatic heterocycles. The fourth-order valence-electron chi connectivity index (χ4n) is 2.38. The maximum absolute atomic E-state index is 12.2. The highest BCUT2D eigenvalue weighted by Gasteiger charge is 2.31. The number of furan rings is 1. The summed E-state index contributed by atoms with van der Waals surface area (Å²) in [7, 11) is 0. The van der Waals surface area contributed by atoms with Crippen LogP contribution in [0.3, 0.4) is 0 Å². The minimum Gasteiger partial charge on any atom is -0.444 e. The Morgan fingerprint density at radius 3 is 2.50 bits per heavy atom. The first kappa shape index (κ1) is 11.7. The minimum atomic E-state index is 0.00500. The minimum absolute atomic E-state index is 0.00500. The Morgan fingerprint density at radius 1 is 1.38 bits per heavy atom. The first-order chi connectivity index (χ1) is 7.59. The number of carbonyl (C=O) groups excluding carboxylic acids is 1. The second-order valence-corrected chi connectivity index (χ2v) is 5.23. The second-order valence-electron chi connectivity index (χ2n) is 4.45. The van der Waals surface area contributed by atoms with Crippen LogP contribution in [0, 0.1) is 0 Å². The predicted molar refractivity (Wildman–Crippen MR) is 65.4 cm³/mol. The Morgan fingerprint density at radius 2 is 2.00 bits per heavy atom. The number of rotatable bonds is 1. The molecule has 2 atom stereocenters. The molecule has 0 spiro atoms. The Balaban J connectivity index is 2.19. The van der Waals surface area contributed by atoms with Crippen LogP contribution < -0.4 is 0 Å². The van der Waals surface area contributed by atoms with Gasteiger partial charge in [-0.3, -0.25) is 4.79 Å². The van der Waals surface area contributed by atoms with Crippen molar-refractivity contribution in [2.45, 2.75) is 45.2 Å². The number of carbonyl (C=O) groups is 1. The average molecular weight is 286 g/mol. The maximum Gasteiger partial charge on any atom is 0.290 e. The zero-order chi connectivity index (χ0) is 11.7. The van der Waals surface area contributed by atoms with Gasteiger partial charge in [-0.1, -0.05) is 0 Å². The van der Waals surface area contributed by atoms with E-state index in [1.165, 1.54) is 6.42 Å². The first-order valence-corrected chi connectivity index (χ1v) is 6.47. The van der Waals surface area contributed by atoms with Gasteiger partial charge in [0.05, 0.1) is 0 Å². The molecular weight excluding hydrogens is 270 g/mol. The van der Waals surface area contributed by atoms with Gasteiger partial charge >= 0.3 is 0 Å². The highest BCUT2D eigenvalue weighted by Crippen LogP contribution is 2.25. The number of hydrogen-bond donors (Lipinski definition) is 0. The largest absolute Gasteiger partial charge is 0.444 e. The fourth-order valence-corrected chi connectivity index (χ4v) is 2.68. The topological polar surface area (TPSA) is 33.5 Å². The summed E-state index contributed by atoms with van der Waals surface area (Å²) in [6.07, 6.45) is 3.36. The Hall–Kier alpha value is -0.770. The monoisotopic (exact) mass is 285 g/mol. The van der Waals surface area contributed by atoms with Gasteiger partial charge in [0, 0.05) is 12.1 Å². The predicted octanol–water partition coefficient (Wildman–Crippen LogP) is 3.45. The van der Waals surface area contributed by atoms with Crippen molar-refractivity contribution in [3.05, 3.63) is 22.6 Å². The number of likely N-dealkylation sites (tertiary alicyclic amines) is 1. The molecule has 1 amide bonds. The molecule has 1 fully saturated rings. The summed E-state index contributed by atoms with van der Waals surface area (Å²) in [5.41, 5.74) is 0. The quantitative estimate of drug-likeness (QED) is 0.792. The van der Waals surface area contributed by atoms with Gasteiger partial charge in [0.1, 0.15) is 0 Å². The van der Waals surface area contributed by atoms with Gasteiger partial charge in [-0.15, -0.1) is 0 Å². The smallest absolute Gasteiger partial charge is 0.290 e. The standard InChI is InChI=1S/C12H16BrNO2/c1-8-4-3-5-9(2)14(8)12(15)10-6-7-11(13)16-10/h6-9H,3-5H2,1-2H3/t8-,9-/m1/s1. The molecule has 2 heterocycles. The van der Waals surface area contributed by atoms with E-state index >= 15 is 0 Å². The van der Waals surface area contributed by atoms with Gasteiger partial charge in [0.2, 0.25) is 0 Å². The zero-order valence-electron chi connectivity index (χ0n) is 9.57. The molecule has 0 aromatic carbocycles. The van der Waals surface area contributed by atoms with E-state index in [-0.39, 0.29) is 5.91 Å². The third kappa shape index (κ3) is 2.17. The number of hydrogen-bond acceptors (Lipinski definition) is 2. The third-order valence-corrected chi connectivity index (χ3v) is 3.64. The third-order valence-electron chi connectivity index (χ3n) is 3.21. The average Bonchev–Trinajstić information content (AvgIpc) is 2.64. The van der Waals surface area contributed by atoms with E-state index in [1.807, 2.05) is 4.90 Å². The number of amides is 1. The van der Waals surface area contributed by atoms with Crippen LogP contribution in [0.1, 0.15) is 43.7 Å². The Kier molecular flexibility index (Phi) is 3.38. The van der Waals surface area contributed by atoms with Crippen molar-refractivity contribution in [1.29, 1.82) is 0 Å². The molecule has 88 valence electrons. The van der Waals surface area contributed by atoms with Gasteiger partial charge in [-0.2, -0.15) is 0 Å². The van der Waals surface area contributed by atoms with Gasteiger partial charge in [0.15, 0.2) is 10.4 Å². The van der Waals surface area contributed by atoms with Crippen molar-refractivity contribution in [3.63, 3.8) is 0 Å². The van der Waals surface area contributed by atoms with Gasteiger partial charge < -0.3 is 9.32 Å². The highest BCUT2D eigenvalue weighted by molar-refractivity contribution is 9.10. The molecule has 0 saturated carbocycles. The Bertz CT molecular complexity index is 378. The summed E-state index contributed by atoms with van der Waals surface area (Å²) in [5, 5.41) is 0. The van der Waals surface area contributed by atoms with Crippen LogP contribution in [0.15, 0.2) is 21.2 Å². The molecule has 1 saturated heterocycles. The highest BCUT2D eigenvalue weighted by atomic mass is 79.9. The van der Waals surface area contributed by atoms with Gasteiger partial charge in [-0.05, 0) is 61.2 Å². The van der Waals surface area contributed by atoms with Crippen molar-refractivity contribution < 1.29 is 9.21 Å². The van der Waals surface area contributed by atoms with Crippen molar-refractivity contribution in [2.24, 2.45) is 0 Å².